The molecule has 2 aromatic carbocycles. The monoisotopic (exact) mass is 357 g/mol. The second-order valence-electron chi connectivity index (χ2n) is 4.60. The minimum absolute atomic E-state index is 0.301. The summed E-state index contributed by atoms with van der Waals surface area (Å²) in [6, 6.07) is 7.99. The first kappa shape index (κ1) is 15.3. The molecule has 0 fully saturated rings. The lowest BCUT2D eigenvalue weighted by atomic mass is 10.1. The number of ether oxygens (including phenoxy) is 1. The van der Waals surface area contributed by atoms with Crippen LogP contribution in [0.3, 0.4) is 0 Å². The Kier molecular flexibility index (Phi) is 4.68. The Labute approximate surface area is 130 Å². The standard InChI is InChI=1S/C15H14BrClFNO/c1-8-5-14(11(9(2)19)7-13(8)18)20-15-6-10(16)3-4-12(15)17/h3-7,9H,19H2,1-2H3/t9-/m1/s1. The number of nitrogens with two attached hydrogens (primary N) is 1. The summed E-state index contributed by atoms with van der Waals surface area (Å²) in [5, 5.41) is 0.478. The van der Waals surface area contributed by atoms with Gasteiger partial charge < -0.3 is 10.5 Å². The Morgan fingerprint density at radius 2 is 1.95 bits per heavy atom. The summed E-state index contributed by atoms with van der Waals surface area (Å²) in [6.45, 7) is 3.45. The van der Waals surface area contributed by atoms with E-state index in [2.05, 4.69) is 15.9 Å². The van der Waals surface area contributed by atoms with Crippen LogP contribution in [0.1, 0.15) is 24.1 Å². The Balaban J connectivity index is 2.47. The van der Waals surface area contributed by atoms with Gasteiger partial charge in [0.2, 0.25) is 0 Å². The Morgan fingerprint density at radius 1 is 1.25 bits per heavy atom. The molecule has 2 rings (SSSR count). The largest absolute Gasteiger partial charge is 0.455 e. The van der Waals surface area contributed by atoms with Crippen molar-refractivity contribution in [2.75, 3.05) is 0 Å². The smallest absolute Gasteiger partial charge is 0.147 e. The fourth-order valence-electron chi connectivity index (χ4n) is 1.79. The molecule has 0 heterocycles. The van der Waals surface area contributed by atoms with Crippen LogP contribution in [-0.2, 0) is 0 Å². The SMILES string of the molecule is Cc1cc(Oc2cc(Br)ccc2Cl)c([C@@H](C)N)cc1F. The Morgan fingerprint density at radius 3 is 2.60 bits per heavy atom. The maximum atomic E-state index is 13.7. The van der Waals surface area contributed by atoms with Crippen LogP contribution in [-0.4, -0.2) is 0 Å². The molecule has 0 aliphatic carbocycles. The van der Waals surface area contributed by atoms with Crippen LogP contribution >= 0.6 is 27.5 Å². The van der Waals surface area contributed by atoms with E-state index in [0.29, 0.717) is 27.6 Å². The van der Waals surface area contributed by atoms with Crippen molar-refractivity contribution in [2.45, 2.75) is 19.9 Å². The van der Waals surface area contributed by atoms with E-state index in [0.717, 1.165) is 4.47 Å². The molecule has 0 aromatic heterocycles. The van der Waals surface area contributed by atoms with Crippen molar-refractivity contribution in [2.24, 2.45) is 5.73 Å². The van der Waals surface area contributed by atoms with Crippen LogP contribution in [0.4, 0.5) is 4.39 Å². The second kappa shape index (κ2) is 6.12. The molecule has 106 valence electrons. The number of benzene rings is 2. The third kappa shape index (κ3) is 3.32. The molecular formula is C15H14BrClFNO. The summed E-state index contributed by atoms with van der Waals surface area (Å²) in [6.07, 6.45) is 0. The molecule has 0 aliphatic heterocycles. The number of halogens is 3. The maximum Gasteiger partial charge on any atom is 0.147 e. The van der Waals surface area contributed by atoms with E-state index >= 15 is 0 Å². The van der Waals surface area contributed by atoms with Crippen LogP contribution in [0.25, 0.3) is 0 Å². The molecule has 20 heavy (non-hydrogen) atoms. The second-order valence-corrected chi connectivity index (χ2v) is 5.93. The van der Waals surface area contributed by atoms with Gasteiger partial charge in [-0.2, -0.15) is 0 Å². The lowest BCUT2D eigenvalue weighted by Crippen LogP contribution is -2.08. The minimum atomic E-state index is -0.342. The van der Waals surface area contributed by atoms with Crippen LogP contribution in [0.5, 0.6) is 11.5 Å². The molecule has 2 nitrogen and oxygen atoms in total. The molecule has 0 saturated carbocycles. The van der Waals surface area contributed by atoms with Gasteiger partial charge in [0.25, 0.3) is 0 Å². The van der Waals surface area contributed by atoms with Crippen molar-refractivity contribution in [1.29, 1.82) is 0 Å². The highest BCUT2D eigenvalue weighted by molar-refractivity contribution is 9.10. The summed E-state index contributed by atoms with van der Waals surface area (Å²) in [4.78, 5) is 0. The van der Waals surface area contributed by atoms with Gasteiger partial charge in [-0.15, -0.1) is 0 Å². The normalized spacial score (nSPS) is 12.3. The number of rotatable bonds is 3. The lowest BCUT2D eigenvalue weighted by Gasteiger charge is -2.16. The molecule has 0 bridgehead atoms. The van der Waals surface area contributed by atoms with Gasteiger partial charge in [0.15, 0.2) is 0 Å². The molecule has 0 radical (unpaired) electrons. The highest BCUT2D eigenvalue weighted by atomic mass is 79.9. The number of aryl methyl sites for hydroxylation is 1. The fraction of sp³-hybridized carbons (Fsp3) is 0.200. The molecule has 2 aromatic rings. The molecule has 5 heteroatoms. The molecule has 0 unspecified atom stereocenters. The minimum Gasteiger partial charge on any atom is -0.455 e. The van der Waals surface area contributed by atoms with E-state index in [1.165, 1.54) is 6.07 Å². The van der Waals surface area contributed by atoms with Gasteiger partial charge in [0.05, 0.1) is 5.02 Å². The highest BCUT2D eigenvalue weighted by Crippen LogP contribution is 2.36. The van der Waals surface area contributed by atoms with Crippen LogP contribution < -0.4 is 10.5 Å². The first-order valence-corrected chi connectivity index (χ1v) is 7.24. The molecule has 0 aliphatic rings. The zero-order chi connectivity index (χ0) is 14.9. The van der Waals surface area contributed by atoms with E-state index in [1.807, 2.05) is 6.07 Å². The van der Waals surface area contributed by atoms with Crippen LogP contribution in [0, 0.1) is 12.7 Å². The van der Waals surface area contributed by atoms with Crippen LogP contribution in [0.2, 0.25) is 5.02 Å². The quantitative estimate of drug-likeness (QED) is 0.801. The van der Waals surface area contributed by atoms with Gasteiger partial charge in [-0.05, 0) is 49.7 Å². The van der Waals surface area contributed by atoms with E-state index < -0.39 is 0 Å². The zero-order valence-electron chi connectivity index (χ0n) is 11.1. The van der Waals surface area contributed by atoms with Crippen molar-refractivity contribution < 1.29 is 9.13 Å². The third-order valence-corrected chi connectivity index (χ3v) is 3.70. The summed E-state index contributed by atoms with van der Waals surface area (Å²) in [7, 11) is 0. The van der Waals surface area contributed by atoms with Crippen molar-refractivity contribution in [3.63, 3.8) is 0 Å². The van der Waals surface area contributed by atoms with Crippen molar-refractivity contribution in [3.05, 3.63) is 56.8 Å². The van der Waals surface area contributed by atoms with Crippen molar-refractivity contribution in [3.8, 4) is 11.5 Å². The maximum absolute atomic E-state index is 13.7. The van der Waals surface area contributed by atoms with Gasteiger partial charge in [-0.25, -0.2) is 4.39 Å². The van der Waals surface area contributed by atoms with Gasteiger partial charge in [-0.1, -0.05) is 27.5 Å². The number of hydrogen-bond donors (Lipinski definition) is 1. The van der Waals surface area contributed by atoms with Crippen molar-refractivity contribution in [1.82, 2.24) is 0 Å². The lowest BCUT2D eigenvalue weighted by molar-refractivity contribution is 0.468. The first-order valence-electron chi connectivity index (χ1n) is 6.07. The Bertz CT molecular complexity index is 646. The average Bonchev–Trinajstić information content (AvgIpc) is 2.37. The molecule has 0 saturated heterocycles. The Hall–Kier alpha value is -1.10. The predicted octanol–water partition coefficient (Wildman–Crippen LogP) is 5.36. The van der Waals surface area contributed by atoms with Crippen molar-refractivity contribution >= 4 is 27.5 Å². The van der Waals surface area contributed by atoms with Gasteiger partial charge in [0.1, 0.15) is 17.3 Å². The topological polar surface area (TPSA) is 35.2 Å². The van der Waals surface area contributed by atoms with E-state index in [9.17, 15) is 4.39 Å². The van der Waals surface area contributed by atoms with E-state index in [1.54, 1.807) is 32.0 Å². The number of hydrogen-bond acceptors (Lipinski definition) is 2. The third-order valence-electron chi connectivity index (χ3n) is 2.89. The summed E-state index contributed by atoms with van der Waals surface area (Å²) in [5.74, 6) is 0.706. The predicted molar refractivity (Wildman–Crippen MR) is 83.0 cm³/mol. The first-order chi connectivity index (χ1) is 9.38. The van der Waals surface area contributed by atoms with Gasteiger partial charge in [0, 0.05) is 16.1 Å². The fourth-order valence-corrected chi connectivity index (χ4v) is 2.28. The highest BCUT2D eigenvalue weighted by Gasteiger charge is 2.14. The summed E-state index contributed by atoms with van der Waals surface area (Å²) in [5.41, 5.74) is 6.96. The molecule has 0 spiro atoms. The van der Waals surface area contributed by atoms with E-state index in [4.69, 9.17) is 22.1 Å². The molecule has 1 atom stereocenters. The molecular weight excluding hydrogens is 345 g/mol. The van der Waals surface area contributed by atoms with Gasteiger partial charge >= 0.3 is 0 Å². The summed E-state index contributed by atoms with van der Waals surface area (Å²) < 4.78 is 20.3. The summed E-state index contributed by atoms with van der Waals surface area (Å²) >= 11 is 9.46. The van der Waals surface area contributed by atoms with E-state index in [-0.39, 0.29) is 11.9 Å². The van der Waals surface area contributed by atoms with Gasteiger partial charge in [-0.3, -0.25) is 0 Å². The molecule has 0 amide bonds. The average molecular weight is 359 g/mol. The zero-order valence-corrected chi connectivity index (χ0v) is 13.4. The van der Waals surface area contributed by atoms with Crippen LogP contribution in [0.15, 0.2) is 34.8 Å². The molecule has 2 N–H and O–H groups in total.